The summed E-state index contributed by atoms with van der Waals surface area (Å²) in [6.07, 6.45) is 1.86. The normalized spacial score (nSPS) is 11.6. The highest BCUT2D eigenvalue weighted by Crippen LogP contribution is 2.23. The van der Waals surface area contributed by atoms with Gasteiger partial charge in [0.25, 0.3) is 5.91 Å². The van der Waals surface area contributed by atoms with Gasteiger partial charge in [-0.25, -0.2) is 8.42 Å². The van der Waals surface area contributed by atoms with Crippen LogP contribution in [-0.2, 0) is 21.4 Å². The molecule has 0 spiro atoms. The van der Waals surface area contributed by atoms with E-state index in [0.29, 0.717) is 18.8 Å². The number of nitrogens with zero attached hydrogens (tertiary/aromatic N) is 2. The fourth-order valence-corrected chi connectivity index (χ4v) is 4.36. The van der Waals surface area contributed by atoms with Crippen molar-refractivity contribution in [2.75, 3.05) is 18.4 Å². The molecule has 0 atom stereocenters. The second-order valence-corrected chi connectivity index (χ2v) is 8.46. The molecule has 2 aromatic rings. The number of aromatic nitrogens is 1. The van der Waals surface area contributed by atoms with Crippen molar-refractivity contribution in [2.24, 2.45) is 0 Å². The van der Waals surface area contributed by atoms with Crippen molar-refractivity contribution < 1.29 is 17.8 Å². The van der Waals surface area contributed by atoms with E-state index in [1.54, 1.807) is 26.0 Å². The summed E-state index contributed by atoms with van der Waals surface area (Å²) in [6, 6.07) is 8.73. The van der Waals surface area contributed by atoms with Crippen LogP contribution < -0.4 is 9.88 Å². The van der Waals surface area contributed by atoms with E-state index >= 15 is 0 Å². The van der Waals surface area contributed by atoms with Crippen LogP contribution in [0, 0.1) is 20.8 Å². The zero-order valence-electron chi connectivity index (χ0n) is 16.6. The molecule has 0 aliphatic rings. The van der Waals surface area contributed by atoms with Gasteiger partial charge < -0.3 is 5.32 Å². The first-order valence-corrected chi connectivity index (χ1v) is 10.5. The molecule has 2 rings (SSSR count). The molecule has 146 valence electrons. The van der Waals surface area contributed by atoms with Crippen LogP contribution in [0.5, 0.6) is 0 Å². The van der Waals surface area contributed by atoms with Gasteiger partial charge in [0, 0.05) is 37.3 Å². The number of carbonyl (C=O) groups is 1. The van der Waals surface area contributed by atoms with E-state index < -0.39 is 10.0 Å². The summed E-state index contributed by atoms with van der Waals surface area (Å²) in [6.45, 7) is 10.4. The molecule has 7 heteroatoms. The van der Waals surface area contributed by atoms with Crippen LogP contribution in [-0.4, -0.2) is 31.7 Å². The Hall–Kier alpha value is -2.25. The number of hydrogen-bond acceptors (Lipinski definition) is 3. The standard InChI is InChI=1S/C20H27N3O3S/c1-6-23(7-2)27(25,26)18-11-10-16(4)19(13-18)21-20(24)14-22-12-8-9-15(3)17(22)5/h8-13H,6-7,14H2,1-5H3/p+1. The van der Waals surface area contributed by atoms with E-state index in [1.807, 2.05) is 43.7 Å². The van der Waals surface area contributed by atoms with Crippen molar-refractivity contribution in [2.45, 2.75) is 46.1 Å². The Morgan fingerprint density at radius 2 is 1.74 bits per heavy atom. The molecule has 1 heterocycles. The Balaban J connectivity index is 2.26. The molecule has 0 bridgehead atoms. The maximum atomic E-state index is 12.7. The number of amides is 1. The van der Waals surface area contributed by atoms with Crippen molar-refractivity contribution >= 4 is 21.6 Å². The van der Waals surface area contributed by atoms with Crippen LogP contribution in [0.3, 0.4) is 0 Å². The average molecular weight is 391 g/mol. The minimum atomic E-state index is -3.57. The molecule has 1 aromatic carbocycles. The number of aryl methyl sites for hydroxylation is 2. The maximum absolute atomic E-state index is 12.7. The third-order valence-corrected chi connectivity index (χ3v) is 6.80. The summed E-state index contributed by atoms with van der Waals surface area (Å²) in [5, 5.41) is 2.85. The van der Waals surface area contributed by atoms with Crippen LogP contribution in [0.15, 0.2) is 41.4 Å². The molecule has 0 aliphatic carbocycles. The van der Waals surface area contributed by atoms with Gasteiger partial charge in [0.1, 0.15) is 0 Å². The van der Waals surface area contributed by atoms with Crippen LogP contribution in [0.4, 0.5) is 5.69 Å². The van der Waals surface area contributed by atoms with E-state index in [0.717, 1.165) is 16.8 Å². The predicted molar refractivity (Wildman–Crippen MR) is 106 cm³/mol. The highest BCUT2D eigenvalue weighted by molar-refractivity contribution is 7.89. The van der Waals surface area contributed by atoms with E-state index in [9.17, 15) is 13.2 Å². The van der Waals surface area contributed by atoms with Crippen LogP contribution in [0.25, 0.3) is 0 Å². The summed E-state index contributed by atoms with van der Waals surface area (Å²) >= 11 is 0. The fourth-order valence-electron chi connectivity index (χ4n) is 2.87. The molecule has 0 saturated heterocycles. The molecule has 1 N–H and O–H groups in total. The van der Waals surface area contributed by atoms with Gasteiger partial charge in [-0.3, -0.25) is 4.79 Å². The molecule has 0 aliphatic heterocycles. The molecular formula is C20H28N3O3S+. The summed E-state index contributed by atoms with van der Waals surface area (Å²) in [5.74, 6) is -0.200. The van der Waals surface area contributed by atoms with Crippen molar-refractivity contribution in [3.05, 3.63) is 53.3 Å². The number of benzene rings is 1. The number of nitrogens with one attached hydrogen (secondary N) is 1. The summed E-state index contributed by atoms with van der Waals surface area (Å²) in [4.78, 5) is 12.7. The Morgan fingerprint density at radius 3 is 2.37 bits per heavy atom. The Morgan fingerprint density at radius 1 is 1.07 bits per heavy atom. The summed E-state index contributed by atoms with van der Waals surface area (Å²) in [5.41, 5.74) is 3.45. The Labute approximate surface area is 161 Å². The summed E-state index contributed by atoms with van der Waals surface area (Å²) in [7, 11) is -3.57. The topological polar surface area (TPSA) is 70.4 Å². The lowest BCUT2D eigenvalue weighted by molar-refractivity contribution is -0.690. The molecule has 0 fully saturated rings. The van der Waals surface area contributed by atoms with Gasteiger partial charge in [-0.1, -0.05) is 19.9 Å². The minimum Gasteiger partial charge on any atom is -0.320 e. The van der Waals surface area contributed by atoms with Gasteiger partial charge in [-0.2, -0.15) is 8.87 Å². The third kappa shape index (κ3) is 4.73. The lowest BCUT2D eigenvalue weighted by Gasteiger charge is -2.19. The molecule has 1 amide bonds. The molecule has 6 nitrogen and oxygen atoms in total. The first-order chi connectivity index (χ1) is 12.7. The molecule has 0 saturated carbocycles. The number of rotatable bonds is 7. The Bertz CT molecular complexity index is 935. The quantitative estimate of drug-likeness (QED) is 0.739. The van der Waals surface area contributed by atoms with Gasteiger partial charge in [-0.05, 0) is 37.6 Å². The van der Waals surface area contributed by atoms with Gasteiger partial charge >= 0.3 is 0 Å². The smallest absolute Gasteiger partial charge is 0.290 e. The summed E-state index contributed by atoms with van der Waals surface area (Å²) < 4.78 is 28.7. The van der Waals surface area contributed by atoms with E-state index in [2.05, 4.69) is 5.32 Å². The van der Waals surface area contributed by atoms with Gasteiger partial charge in [0.05, 0.1) is 4.90 Å². The second kappa shape index (κ2) is 8.63. The van der Waals surface area contributed by atoms with E-state index in [1.165, 1.54) is 10.4 Å². The molecule has 27 heavy (non-hydrogen) atoms. The van der Waals surface area contributed by atoms with Crippen molar-refractivity contribution in [1.82, 2.24) is 4.31 Å². The fraction of sp³-hybridized carbons (Fsp3) is 0.400. The van der Waals surface area contributed by atoms with Crippen LogP contribution in [0.2, 0.25) is 0 Å². The number of pyridine rings is 1. The number of sulfonamides is 1. The molecule has 0 radical (unpaired) electrons. The van der Waals surface area contributed by atoms with E-state index in [-0.39, 0.29) is 17.3 Å². The molecule has 1 aromatic heterocycles. The zero-order chi connectivity index (χ0) is 20.2. The molecular weight excluding hydrogens is 362 g/mol. The third-order valence-electron chi connectivity index (χ3n) is 4.75. The first kappa shape index (κ1) is 21.1. The second-order valence-electron chi connectivity index (χ2n) is 6.52. The molecule has 0 unspecified atom stereocenters. The average Bonchev–Trinajstić information content (AvgIpc) is 2.61. The number of anilines is 1. The first-order valence-electron chi connectivity index (χ1n) is 9.07. The Kier molecular flexibility index (Phi) is 6.73. The SMILES string of the molecule is CCN(CC)S(=O)(=O)c1ccc(C)c(NC(=O)C[n+]2cccc(C)c2C)c1. The van der Waals surface area contributed by atoms with Crippen molar-refractivity contribution in [3.63, 3.8) is 0 Å². The predicted octanol–water partition coefficient (Wildman–Crippen LogP) is 2.57. The van der Waals surface area contributed by atoms with Gasteiger partial charge in [0.2, 0.25) is 16.6 Å². The number of hydrogen-bond donors (Lipinski definition) is 1. The minimum absolute atomic E-state index is 0.167. The van der Waals surface area contributed by atoms with E-state index in [4.69, 9.17) is 0 Å². The lowest BCUT2D eigenvalue weighted by atomic mass is 10.2. The maximum Gasteiger partial charge on any atom is 0.290 e. The van der Waals surface area contributed by atoms with Gasteiger partial charge in [0.15, 0.2) is 11.9 Å². The zero-order valence-corrected chi connectivity index (χ0v) is 17.4. The lowest BCUT2D eigenvalue weighted by Crippen LogP contribution is -2.43. The van der Waals surface area contributed by atoms with Crippen molar-refractivity contribution in [1.29, 1.82) is 0 Å². The van der Waals surface area contributed by atoms with Crippen LogP contribution in [0.1, 0.15) is 30.7 Å². The number of carbonyl (C=O) groups excluding carboxylic acids is 1. The van der Waals surface area contributed by atoms with Gasteiger partial charge in [-0.15, -0.1) is 0 Å². The highest BCUT2D eigenvalue weighted by Gasteiger charge is 2.23. The highest BCUT2D eigenvalue weighted by atomic mass is 32.2. The van der Waals surface area contributed by atoms with Crippen LogP contribution >= 0.6 is 0 Å². The largest absolute Gasteiger partial charge is 0.320 e. The monoisotopic (exact) mass is 390 g/mol. The van der Waals surface area contributed by atoms with Crippen molar-refractivity contribution in [3.8, 4) is 0 Å².